The highest BCUT2D eigenvalue weighted by molar-refractivity contribution is 6.22. The van der Waals surface area contributed by atoms with Gasteiger partial charge in [0.15, 0.2) is 6.61 Å². The predicted molar refractivity (Wildman–Crippen MR) is 101 cm³/mol. The molecule has 1 heterocycles. The van der Waals surface area contributed by atoms with E-state index in [4.69, 9.17) is 4.74 Å². The molecule has 2 atom stereocenters. The van der Waals surface area contributed by atoms with Gasteiger partial charge in [0.1, 0.15) is 12.1 Å². The standard InChI is InChI=1S/C20H24N2O7/c1-11(2)9-15(20(27)28-4)21-16(23)10-29-19(26)12(3)22-17(24)13-7-5-6-8-14(13)18(22)25/h5-8,11-12,15H,9-10H2,1-4H3,(H,21,23)/t12-,15+/m1/s1. The summed E-state index contributed by atoms with van der Waals surface area (Å²) in [4.78, 5) is 61.7. The Morgan fingerprint density at radius 3 is 2.03 bits per heavy atom. The van der Waals surface area contributed by atoms with Crippen LogP contribution in [0.1, 0.15) is 47.9 Å². The number of methoxy groups -OCH3 is 1. The molecule has 0 saturated carbocycles. The van der Waals surface area contributed by atoms with Gasteiger partial charge in [-0.2, -0.15) is 0 Å². The van der Waals surface area contributed by atoms with E-state index in [0.717, 1.165) is 4.90 Å². The fourth-order valence-corrected chi connectivity index (χ4v) is 2.99. The van der Waals surface area contributed by atoms with Crippen LogP contribution < -0.4 is 5.32 Å². The average Bonchev–Trinajstić information content (AvgIpc) is 2.94. The Hall–Kier alpha value is -3.23. The maximum atomic E-state index is 12.4. The molecule has 1 aromatic carbocycles. The van der Waals surface area contributed by atoms with Crippen molar-refractivity contribution in [1.29, 1.82) is 0 Å². The molecule has 29 heavy (non-hydrogen) atoms. The van der Waals surface area contributed by atoms with Crippen molar-refractivity contribution in [2.24, 2.45) is 5.92 Å². The van der Waals surface area contributed by atoms with E-state index in [9.17, 15) is 24.0 Å². The minimum absolute atomic E-state index is 0.121. The molecular formula is C20H24N2O7. The summed E-state index contributed by atoms with van der Waals surface area (Å²) in [5, 5.41) is 2.46. The zero-order valence-electron chi connectivity index (χ0n) is 16.8. The monoisotopic (exact) mass is 404 g/mol. The fourth-order valence-electron chi connectivity index (χ4n) is 2.99. The maximum absolute atomic E-state index is 12.4. The van der Waals surface area contributed by atoms with Gasteiger partial charge in [-0.25, -0.2) is 9.59 Å². The van der Waals surface area contributed by atoms with Gasteiger partial charge in [-0.3, -0.25) is 19.3 Å². The number of amides is 3. The van der Waals surface area contributed by atoms with E-state index in [1.807, 2.05) is 13.8 Å². The Balaban J connectivity index is 1.95. The van der Waals surface area contributed by atoms with E-state index < -0.39 is 48.4 Å². The number of esters is 2. The molecule has 1 N–H and O–H groups in total. The van der Waals surface area contributed by atoms with Crippen molar-refractivity contribution >= 4 is 29.7 Å². The van der Waals surface area contributed by atoms with Crippen LogP contribution >= 0.6 is 0 Å². The molecule has 0 bridgehead atoms. The van der Waals surface area contributed by atoms with Crippen LogP contribution in [0.15, 0.2) is 24.3 Å². The third kappa shape index (κ3) is 4.98. The number of nitrogens with one attached hydrogen (secondary N) is 1. The zero-order valence-corrected chi connectivity index (χ0v) is 16.8. The molecule has 9 nitrogen and oxygen atoms in total. The second-order valence-corrected chi connectivity index (χ2v) is 7.08. The Bertz CT molecular complexity index is 799. The molecular weight excluding hydrogens is 380 g/mol. The van der Waals surface area contributed by atoms with E-state index in [0.29, 0.717) is 6.42 Å². The van der Waals surface area contributed by atoms with E-state index in [1.165, 1.54) is 26.2 Å². The molecule has 0 spiro atoms. The number of carbonyl (C=O) groups is 5. The third-order valence-corrected chi connectivity index (χ3v) is 4.43. The topological polar surface area (TPSA) is 119 Å². The summed E-state index contributed by atoms with van der Waals surface area (Å²) in [5.74, 6) is -3.27. The summed E-state index contributed by atoms with van der Waals surface area (Å²) in [6.45, 7) is 4.45. The number of carbonyl (C=O) groups excluding carboxylic acids is 5. The molecule has 0 fully saturated rings. The van der Waals surface area contributed by atoms with E-state index in [-0.39, 0.29) is 17.0 Å². The van der Waals surface area contributed by atoms with Crippen molar-refractivity contribution in [2.45, 2.75) is 39.3 Å². The summed E-state index contributed by atoms with van der Waals surface area (Å²) in [7, 11) is 1.21. The third-order valence-electron chi connectivity index (χ3n) is 4.43. The highest BCUT2D eigenvalue weighted by atomic mass is 16.5. The second kappa shape index (κ2) is 9.31. The molecule has 156 valence electrons. The molecule has 1 aliphatic rings. The van der Waals surface area contributed by atoms with Gasteiger partial charge in [0.05, 0.1) is 18.2 Å². The van der Waals surface area contributed by atoms with Gasteiger partial charge < -0.3 is 14.8 Å². The van der Waals surface area contributed by atoms with Gasteiger partial charge in [0, 0.05) is 0 Å². The van der Waals surface area contributed by atoms with E-state index in [2.05, 4.69) is 10.1 Å². The Morgan fingerprint density at radius 1 is 1.00 bits per heavy atom. The second-order valence-electron chi connectivity index (χ2n) is 7.08. The minimum atomic E-state index is -1.21. The molecule has 9 heteroatoms. The molecule has 0 saturated heterocycles. The van der Waals surface area contributed by atoms with Crippen LogP contribution in [0, 0.1) is 5.92 Å². The smallest absolute Gasteiger partial charge is 0.329 e. The van der Waals surface area contributed by atoms with Crippen LogP contribution in [0.2, 0.25) is 0 Å². The predicted octanol–water partition coefficient (Wildman–Crippen LogP) is 0.918. The first-order valence-electron chi connectivity index (χ1n) is 9.18. The summed E-state index contributed by atoms with van der Waals surface area (Å²) >= 11 is 0. The molecule has 0 unspecified atom stereocenters. The first kappa shape index (κ1) is 22.1. The highest BCUT2D eigenvalue weighted by Gasteiger charge is 2.41. The largest absolute Gasteiger partial charge is 0.467 e. The lowest BCUT2D eigenvalue weighted by molar-refractivity contribution is -0.153. The van der Waals surface area contributed by atoms with Crippen LogP contribution in [0.5, 0.6) is 0 Å². The Morgan fingerprint density at radius 2 is 1.55 bits per heavy atom. The SMILES string of the molecule is COC(=O)[C@H](CC(C)C)NC(=O)COC(=O)[C@@H](C)N1C(=O)c2ccccc2C1=O. The average molecular weight is 404 g/mol. The van der Waals surface area contributed by atoms with Crippen molar-refractivity contribution in [3.63, 3.8) is 0 Å². The molecule has 0 aromatic heterocycles. The van der Waals surface area contributed by atoms with Crippen LogP contribution in [0.3, 0.4) is 0 Å². The summed E-state index contributed by atoms with van der Waals surface area (Å²) in [6, 6.07) is 4.18. The van der Waals surface area contributed by atoms with E-state index in [1.54, 1.807) is 12.1 Å². The lowest BCUT2D eigenvalue weighted by Crippen LogP contribution is -2.46. The zero-order chi connectivity index (χ0) is 21.7. The first-order chi connectivity index (χ1) is 13.7. The van der Waals surface area contributed by atoms with Crippen molar-refractivity contribution in [1.82, 2.24) is 10.2 Å². The van der Waals surface area contributed by atoms with Crippen molar-refractivity contribution in [2.75, 3.05) is 13.7 Å². The lowest BCUT2D eigenvalue weighted by Gasteiger charge is -2.21. The normalized spacial score (nSPS) is 15.0. The van der Waals surface area contributed by atoms with Gasteiger partial charge in [-0.05, 0) is 31.4 Å². The Kier molecular flexibility index (Phi) is 7.08. The number of ether oxygens (including phenoxy) is 2. The number of nitrogens with zero attached hydrogens (tertiary/aromatic N) is 1. The van der Waals surface area contributed by atoms with Gasteiger partial charge in [-0.15, -0.1) is 0 Å². The number of hydrogen-bond donors (Lipinski definition) is 1. The lowest BCUT2D eigenvalue weighted by atomic mass is 10.0. The van der Waals surface area contributed by atoms with Crippen LogP contribution in [0.25, 0.3) is 0 Å². The van der Waals surface area contributed by atoms with Gasteiger partial charge in [0.25, 0.3) is 17.7 Å². The number of benzene rings is 1. The minimum Gasteiger partial charge on any atom is -0.467 e. The molecule has 3 amide bonds. The van der Waals surface area contributed by atoms with Crippen LogP contribution in [0.4, 0.5) is 0 Å². The number of fused-ring (bicyclic) bond motifs is 1. The van der Waals surface area contributed by atoms with Crippen molar-refractivity contribution < 1.29 is 33.4 Å². The fraction of sp³-hybridized carbons (Fsp3) is 0.450. The highest BCUT2D eigenvalue weighted by Crippen LogP contribution is 2.24. The number of hydrogen-bond acceptors (Lipinski definition) is 7. The molecule has 1 aromatic rings. The van der Waals surface area contributed by atoms with Crippen molar-refractivity contribution in [3.8, 4) is 0 Å². The molecule has 0 aliphatic carbocycles. The quantitative estimate of drug-likeness (QED) is 0.505. The molecule has 2 rings (SSSR count). The maximum Gasteiger partial charge on any atom is 0.329 e. The molecule has 1 aliphatic heterocycles. The number of rotatable bonds is 8. The molecule has 0 radical (unpaired) electrons. The van der Waals surface area contributed by atoms with Gasteiger partial charge >= 0.3 is 11.9 Å². The number of imide groups is 1. The van der Waals surface area contributed by atoms with Crippen molar-refractivity contribution in [3.05, 3.63) is 35.4 Å². The van der Waals surface area contributed by atoms with E-state index >= 15 is 0 Å². The first-order valence-corrected chi connectivity index (χ1v) is 9.18. The van der Waals surface area contributed by atoms with Crippen LogP contribution in [-0.2, 0) is 23.9 Å². The van der Waals surface area contributed by atoms with Gasteiger partial charge in [-0.1, -0.05) is 26.0 Å². The van der Waals surface area contributed by atoms with Gasteiger partial charge in [0.2, 0.25) is 0 Å². The summed E-state index contributed by atoms with van der Waals surface area (Å²) in [5.41, 5.74) is 0.425. The van der Waals surface area contributed by atoms with Crippen LogP contribution in [-0.4, -0.2) is 60.4 Å². The summed E-state index contributed by atoms with van der Waals surface area (Å²) in [6.07, 6.45) is 0.359. The Labute approximate surface area is 168 Å². The summed E-state index contributed by atoms with van der Waals surface area (Å²) < 4.78 is 9.60.